The number of benzene rings is 1. The summed E-state index contributed by atoms with van der Waals surface area (Å²) >= 11 is 1.92. The number of hydrogen-bond donors (Lipinski definition) is 1. The molecule has 0 spiro atoms. The summed E-state index contributed by atoms with van der Waals surface area (Å²) in [5.74, 6) is 0.840. The second kappa shape index (κ2) is 5.94. The van der Waals surface area contributed by atoms with Crippen molar-refractivity contribution in [2.75, 3.05) is 0 Å². The third-order valence-corrected chi connectivity index (χ3v) is 6.14. The Kier molecular flexibility index (Phi) is 3.83. The molecule has 1 aromatic heterocycles. The number of hydrogen-bond acceptors (Lipinski definition) is 2. The molecule has 2 heteroatoms. The first kappa shape index (κ1) is 13.5. The van der Waals surface area contributed by atoms with Gasteiger partial charge in [-0.25, -0.2) is 0 Å². The van der Waals surface area contributed by atoms with Crippen molar-refractivity contribution in [3.8, 4) is 0 Å². The van der Waals surface area contributed by atoms with Crippen LogP contribution < -0.4 is 5.32 Å². The summed E-state index contributed by atoms with van der Waals surface area (Å²) in [6.45, 7) is 0. The fourth-order valence-corrected chi connectivity index (χ4v) is 5.02. The Hall–Kier alpha value is -1.12. The molecular formula is C19H23NS. The van der Waals surface area contributed by atoms with Crippen LogP contribution in [0.25, 0.3) is 0 Å². The average molecular weight is 297 g/mol. The summed E-state index contributed by atoms with van der Waals surface area (Å²) in [5, 5.41) is 6.24. The zero-order valence-corrected chi connectivity index (χ0v) is 13.2. The van der Waals surface area contributed by atoms with E-state index >= 15 is 0 Å². The number of rotatable bonds is 4. The number of nitrogens with one attached hydrogen (secondary N) is 1. The van der Waals surface area contributed by atoms with Crippen LogP contribution in [-0.2, 0) is 12.8 Å². The van der Waals surface area contributed by atoms with Crippen LogP contribution in [0.1, 0.15) is 47.7 Å². The van der Waals surface area contributed by atoms with Crippen LogP contribution in [0.4, 0.5) is 0 Å². The standard InChI is InChI=1S/C19H23NS/c1-2-7-14(6-1)19(18-10-5-11-21-18)20-17-12-15-8-3-4-9-16(15)13-17/h3-5,8-11,14,17,19-20H,1-2,6-7,12-13H2. The Morgan fingerprint density at radius 3 is 2.29 bits per heavy atom. The highest BCUT2D eigenvalue weighted by Crippen LogP contribution is 2.38. The van der Waals surface area contributed by atoms with Crippen molar-refractivity contribution in [3.05, 3.63) is 57.8 Å². The molecule has 1 nitrogen and oxygen atoms in total. The van der Waals surface area contributed by atoms with Crippen molar-refractivity contribution >= 4 is 11.3 Å². The number of fused-ring (bicyclic) bond motifs is 1. The zero-order chi connectivity index (χ0) is 14.1. The lowest BCUT2D eigenvalue weighted by Crippen LogP contribution is -2.36. The summed E-state index contributed by atoms with van der Waals surface area (Å²) in [6.07, 6.45) is 8.03. The molecule has 2 aliphatic rings. The first-order valence-corrected chi connectivity index (χ1v) is 9.14. The lowest BCUT2D eigenvalue weighted by molar-refractivity contribution is 0.335. The lowest BCUT2D eigenvalue weighted by atomic mass is 9.95. The molecule has 1 aromatic carbocycles. The highest BCUT2D eigenvalue weighted by molar-refractivity contribution is 7.10. The third-order valence-electron chi connectivity index (χ3n) is 5.19. The highest BCUT2D eigenvalue weighted by Gasteiger charge is 2.30. The van der Waals surface area contributed by atoms with Crippen molar-refractivity contribution in [2.24, 2.45) is 5.92 Å². The molecule has 1 N–H and O–H groups in total. The summed E-state index contributed by atoms with van der Waals surface area (Å²) in [5.41, 5.74) is 3.10. The van der Waals surface area contributed by atoms with Crippen LogP contribution in [0.5, 0.6) is 0 Å². The molecule has 1 saturated carbocycles. The fourth-order valence-electron chi connectivity index (χ4n) is 4.14. The van der Waals surface area contributed by atoms with Gasteiger partial charge < -0.3 is 5.32 Å². The van der Waals surface area contributed by atoms with Crippen LogP contribution in [0.15, 0.2) is 41.8 Å². The molecule has 0 bridgehead atoms. The van der Waals surface area contributed by atoms with E-state index in [9.17, 15) is 0 Å². The molecule has 1 unspecified atom stereocenters. The van der Waals surface area contributed by atoms with Crippen LogP contribution in [0.2, 0.25) is 0 Å². The van der Waals surface area contributed by atoms with E-state index in [1.165, 1.54) is 43.4 Å². The Morgan fingerprint density at radius 2 is 1.67 bits per heavy atom. The van der Waals surface area contributed by atoms with Gasteiger partial charge in [0.05, 0.1) is 0 Å². The second-order valence-corrected chi connectivity index (χ2v) is 7.56. The largest absolute Gasteiger partial charge is 0.306 e. The minimum atomic E-state index is 0.576. The van der Waals surface area contributed by atoms with Gasteiger partial charge in [-0.15, -0.1) is 11.3 Å². The number of thiophene rings is 1. The van der Waals surface area contributed by atoms with Gasteiger partial charge in [-0.3, -0.25) is 0 Å². The Labute approximate surface area is 131 Å². The smallest absolute Gasteiger partial charge is 0.0445 e. The molecule has 2 aromatic rings. The third kappa shape index (κ3) is 2.79. The molecule has 21 heavy (non-hydrogen) atoms. The van der Waals surface area contributed by atoms with Crippen LogP contribution in [-0.4, -0.2) is 6.04 Å². The van der Waals surface area contributed by atoms with E-state index in [0.29, 0.717) is 12.1 Å². The van der Waals surface area contributed by atoms with Gasteiger partial charge >= 0.3 is 0 Å². The van der Waals surface area contributed by atoms with E-state index in [0.717, 1.165) is 5.92 Å². The Bertz CT molecular complexity index is 558. The molecule has 1 fully saturated rings. The van der Waals surface area contributed by atoms with Gasteiger partial charge in [0.2, 0.25) is 0 Å². The summed E-state index contributed by atoms with van der Waals surface area (Å²) in [4.78, 5) is 1.54. The van der Waals surface area contributed by atoms with Gasteiger partial charge in [-0.1, -0.05) is 43.2 Å². The average Bonchev–Trinajstić information content (AvgIpc) is 3.24. The minimum absolute atomic E-state index is 0.576. The Morgan fingerprint density at radius 1 is 0.952 bits per heavy atom. The van der Waals surface area contributed by atoms with E-state index < -0.39 is 0 Å². The van der Waals surface area contributed by atoms with Crippen molar-refractivity contribution in [2.45, 2.75) is 50.6 Å². The molecule has 4 rings (SSSR count). The van der Waals surface area contributed by atoms with Gasteiger partial charge in [0.15, 0.2) is 0 Å². The molecule has 1 heterocycles. The first-order chi connectivity index (χ1) is 10.4. The quantitative estimate of drug-likeness (QED) is 0.859. The molecular weight excluding hydrogens is 274 g/mol. The maximum atomic E-state index is 4.02. The van der Waals surface area contributed by atoms with Crippen molar-refractivity contribution in [1.29, 1.82) is 0 Å². The molecule has 2 aliphatic carbocycles. The SMILES string of the molecule is c1csc(C(NC2Cc3ccccc3C2)C2CCCC2)c1. The molecule has 0 saturated heterocycles. The van der Waals surface area contributed by atoms with E-state index in [1.54, 1.807) is 11.1 Å². The van der Waals surface area contributed by atoms with E-state index in [1.807, 2.05) is 11.3 Å². The lowest BCUT2D eigenvalue weighted by Gasteiger charge is -2.27. The highest BCUT2D eigenvalue weighted by atomic mass is 32.1. The molecule has 0 amide bonds. The van der Waals surface area contributed by atoms with Crippen molar-refractivity contribution < 1.29 is 0 Å². The molecule has 0 aliphatic heterocycles. The summed E-state index contributed by atoms with van der Waals surface area (Å²) in [6, 6.07) is 14.7. The van der Waals surface area contributed by atoms with E-state index in [-0.39, 0.29) is 0 Å². The normalized spacial score (nSPS) is 20.8. The van der Waals surface area contributed by atoms with Crippen LogP contribution >= 0.6 is 11.3 Å². The van der Waals surface area contributed by atoms with Gasteiger partial charge in [0.25, 0.3) is 0 Å². The molecule has 1 atom stereocenters. The molecule has 0 radical (unpaired) electrons. The van der Waals surface area contributed by atoms with Gasteiger partial charge in [0, 0.05) is 17.0 Å². The predicted octanol–water partition coefficient (Wildman–Crippen LogP) is 4.74. The topological polar surface area (TPSA) is 12.0 Å². The predicted molar refractivity (Wildman–Crippen MR) is 89.8 cm³/mol. The van der Waals surface area contributed by atoms with E-state index in [2.05, 4.69) is 47.1 Å². The fraction of sp³-hybridized carbons (Fsp3) is 0.474. The maximum absolute atomic E-state index is 4.02. The van der Waals surface area contributed by atoms with Crippen molar-refractivity contribution in [1.82, 2.24) is 5.32 Å². The first-order valence-electron chi connectivity index (χ1n) is 8.26. The van der Waals surface area contributed by atoms with Crippen LogP contribution in [0.3, 0.4) is 0 Å². The second-order valence-electron chi connectivity index (χ2n) is 6.58. The summed E-state index contributed by atoms with van der Waals surface area (Å²) in [7, 11) is 0. The van der Waals surface area contributed by atoms with E-state index in [4.69, 9.17) is 0 Å². The molecule has 110 valence electrons. The van der Waals surface area contributed by atoms with Crippen LogP contribution in [0, 0.1) is 5.92 Å². The van der Waals surface area contributed by atoms with Gasteiger partial charge in [0.1, 0.15) is 0 Å². The van der Waals surface area contributed by atoms with Crippen molar-refractivity contribution in [3.63, 3.8) is 0 Å². The van der Waals surface area contributed by atoms with Gasteiger partial charge in [-0.2, -0.15) is 0 Å². The minimum Gasteiger partial charge on any atom is -0.306 e. The zero-order valence-electron chi connectivity index (χ0n) is 12.4. The summed E-state index contributed by atoms with van der Waals surface area (Å²) < 4.78 is 0. The maximum Gasteiger partial charge on any atom is 0.0445 e. The van der Waals surface area contributed by atoms with Gasteiger partial charge in [-0.05, 0) is 54.2 Å². The monoisotopic (exact) mass is 297 g/mol. The Balaban J connectivity index is 1.51.